The fraction of sp³-hybridized carbons (Fsp3) is 0.391. The van der Waals surface area contributed by atoms with Gasteiger partial charge < -0.3 is 29.0 Å². The monoisotopic (exact) mass is 446 g/mol. The van der Waals surface area contributed by atoms with Crippen LogP contribution in [0.25, 0.3) is 0 Å². The van der Waals surface area contributed by atoms with Gasteiger partial charge in [0, 0.05) is 6.07 Å². The number of methoxy groups -OCH3 is 3. The third-order valence-electron chi connectivity index (χ3n) is 4.15. The van der Waals surface area contributed by atoms with Crippen LogP contribution in [0.4, 0.5) is 21.9 Å². The maximum absolute atomic E-state index is 12.5. The summed E-state index contributed by atoms with van der Waals surface area (Å²) in [4.78, 5) is 24.9. The third kappa shape index (κ3) is 5.96. The number of hydrogen-bond donors (Lipinski definition) is 2. The molecule has 0 aliphatic rings. The number of carbonyl (C=O) groups is 2. The van der Waals surface area contributed by atoms with Gasteiger partial charge in [0.1, 0.15) is 11.3 Å². The molecular formula is C23H30N2O7. The van der Waals surface area contributed by atoms with Crippen LogP contribution < -0.4 is 24.8 Å². The molecule has 174 valence electrons. The molecule has 0 aliphatic carbocycles. The van der Waals surface area contributed by atoms with E-state index >= 15 is 0 Å². The van der Waals surface area contributed by atoms with E-state index in [-0.39, 0.29) is 12.4 Å². The van der Waals surface area contributed by atoms with Crippen LogP contribution in [0.5, 0.6) is 17.2 Å². The maximum Gasteiger partial charge on any atom is 0.412 e. The molecule has 0 bridgehead atoms. The standard InChI is InChI=1S/C23H30N2O7/c1-8-31-21(26)14-11-9-10-12-15(14)24-18-16(25-22(27)32-23(2,3)4)13-17(28-5)19(29-6)20(18)30-7/h9-13,24H,8H2,1-7H3,(H,25,27). The van der Waals surface area contributed by atoms with Crippen molar-refractivity contribution in [1.29, 1.82) is 0 Å². The lowest BCUT2D eigenvalue weighted by atomic mass is 10.1. The van der Waals surface area contributed by atoms with Crippen LogP contribution in [0.15, 0.2) is 30.3 Å². The van der Waals surface area contributed by atoms with Gasteiger partial charge in [0.25, 0.3) is 0 Å². The quantitative estimate of drug-likeness (QED) is 0.547. The van der Waals surface area contributed by atoms with Crippen LogP contribution in [0, 0.1) is 0 Å². The first-order valence-electron chi connectivity index (χ1n) is 10.0. The summed E-state index contributed by atoms with van der Waals surface area (Å²) in [6, 6.07) is 8.40. The minimum atomic E-state index is -0.700. The highest BCUT2D eigenvalue weighted by atomic mass is 16.6. The van der Waals surface area contributed by atoms with Crippen molar-refractivity contribution >= 4 is 29.1 Å². The Morgan fingerprint density at radius 3 is 2.16 bits per heavy atom. The van der Waals surface area contributed by atoms with E-state index in [1.807, 2.05) is 0 Å². The van der Waals surface area contributed by atoms with Gasteiger partial charge >= 0.3 is 12.1 Å². The van der Waals surface area contributed by atoms with Gasteiger partial charge in [-0.1, -0.05) is 12.1 Å². The van der Waals surface area contributed by atoms with Crippen LogP contribution in [-0.4, -0.2) is 45.6 Å². The average Bonchev–Trinajstić information content (AvgIpc) is 2.73. The van der Waals surface area contributed by atoms with E-state index in [4.69, 9.17) is 23.7 Å². The smallest absolute Gasteiger partial charge is 0.412 e. The van der Waals surface area contributed by atoms with Crippen molar-refractivity contribution in [3.05, 3.63) is 35.9 Å². The first-order chi connectivity index (χ1) is 15.1. The van der Waals surface area contributed by atoms with Crippen molar-refractivity contribution in [2.45, 2.75) is 33.3 Å². The Morgan fingerprint density at radius 1 is 0.938 bits per heavy atom. The van der Waals surface area contributed by atoms with Crippen molar-refractivity contribution in [1.82, 2.24) is 0 Å². The summed E-state index contributed by atoms with van der Waals surface area (Å²) in [5.74, 6) is 0.411. The highest BCUT2D eigenvalue weighted by Crippen LogP contribution is 2.48. The highest BCUT2D eigenvalue weighted by Gasteiger charge is 2.25. The molecule has 0 atom stereocenters. The van der Waals surface area contributed by atoms with Crippen molar-refractivity contribution < 1.29 is 33.3 Å². The third-order valence-corrected chi connectivity index (χ3v) is 4.15. The van der Waals surface area contributed by atoms with Gasteiger partial charge in [-0.2, -0.15) is 0 Å². The Morgan fingerprint density at radius 2 is 1.59 bits per heavy atom. The molecular weight excluding hydrogens is 416 g/mol. The SMILES string of the molecule is CCOC(=O)c1ccccc1Nc1c(NC(=O)OC(C)(C)C)cc(OC)c(OC)c1OC. The molecule has 0 saturated carbocycles. The fourth-order valence-corrected chi connectivity index (χ4v) is 2.91. The molecule has 0 radical (unpaired) electrons. The Labute approximate surface area is 187 Å². The van der Waals surface area contributed by atoms with Crippen molar-refractivity contribution in [2.24, 2.45) is 0 Å². The van der Waals surface area contributed by atoms with E-state index in [1.54, 1.807) is 58.0 Å². The zero-order valence-corrected chi connectivity index (χ0v) is 19.5. The molecule has 2 aromatic rings. The zero-order valence-electron chi connectivity index (χ0n) is 19.5. The number of ether oxygens (including phenoxy) is 5. The van der Waals surface area contributed by atoms with Crippen LogP contribution in [0.1, 0.15) is 38.1 Å². The fourth-order valence-electron chi connectivity index (χ4n) is 2.91. The summed E-state index contributed by atoms with van der Waals surface area (Å²) in [5.41, 5.74) is 0.702. The average molecular weight is 447 g/mol. The van der Waals surface area contributed by atoms with E-state index in [0.717, 1.165) is 0 Å². The molecule has 0 saturated heterocycles. The predicted molar refractivity (Wildman–Crippen MR) is 122 cm³/mol. The Bertz CT molecular complexity index is 968. The largest absolute Gasteiger partial charge is 0.493 e. The molecule has 9 nitrogen and oxygen atoms in total. The van der Waals surface area contributed by atoms with E-state index < -0.39 is 17.7 Å². The van der Waals surface area contributed by atoms with Crippen molar-refractivity contribution in [3.8, 4) is 17.2 Å². The van der Waals surface area contributed by atoms with Crippen LogP contribution in [0.2, 0.25) is 0 Å². The molecule has 0 fully saturated rings. The molecule has 32 heavy (non-hydrogen) atoms. The summed E-state index contributed by atoms with van der Waals surface area (Å²) in [6.45, 7) is 7.25. The number of rotatable bonds is 8. The van der Waals surface area contributed by atoms with Gasteiger partial charge in [0.15, 0.2) is 11.5 Å². The van der Waals surface area contributed by atoms with E-state index in [0.29, 0.717) is 34.1 Å². The molecule has 0 aromatic heterocycles. The van der Waals surface area contributed by atoms with E-state index in [1.165, 1.54) is 21.3 Å². The number of carbonyl (C=O) groups excluding carboxylic acids is 2. The van der Waals surface area contributed by atoms with Crippen LogP contribution in [0.3, 0.4) is 0 Å². The summed E-state index contributed by atoms with van der Waals surface area (Å²) in [5, 5.41) is 5.87. The minimum Gasteiger partial charge on any atom is -0.493 e. The summed E-state index contributed by atoms with van der Waals surface area (Å²) < 4.78 is 27.0. The second kappa shape index (κ2) is 10.6. The predicted octanol–water partition coefficient (Wildman–Crippen LogP) is 4.98. The van der Waals surface area contributed by atoms with Crippen molar-refractivity contribution in [3.63, 3.8) is 0 Å². The van der Waals surface area contributed by atoms with Crippen LogP contribution in [-0.2, 0) is 9.47 Å². The Kier molecular flexibility index (Phi) is 8.17. The lowest BCUT2D eigenvalue weighted by Crippen LogP contribution is -2.27. The van der Waals surface area contributed by atoms with Crippen LogP contribution >= 0.6 is 0 Å². The topological polar surface area (TPSA) is 104 Å². The number of hydrogen-bond acceptors (Lipinski definition) is 8. The number of esters is 1. The Hall–Kier alpha value is -3.62. The summed E-state index contributed by atoms with van der Waals surface area (Å²) in [7, 11) is 4.40. The van der Waals surface area contributed by atoms with Gasteiger partial charge in [-0.25, -0.2) is 9.59 Å². The molecule has 0 spiro atoms. The minimum absolute atomic E-state index is 0.234. The molecule has 9 heteroatoms. The normalized spacial score (nSPS) is 10.7. The highest BCUT2D eigenvalue weighted by molar-refractivity contribution is 6.00. The molecule has 2 aromatic carbocycles. The van der Waals surface area contributed by atoms with Gasteiger partial charge in [0.05, 0.1) is 44.9 Å². The molecule has 2 rings (SSSR count). The lowest BCUT2D eigenvalue weighted by molar-refractivity contribution is 0.0526. The number of nitrogens with one attached hydrogen (secondary N) is 2. The molecule has 0 unspecified atom stereocenters. The van der Waals surface area contributed by atoms with Gasteiger partial charge in [-0.05, 0) is 39.8 Å². The second-order valence-corrected chi connectivity index (χ2v) is 7.59. The second-order valence-electron chi connectivity index (χ2n) is 7.59. The summed E-state index contributed by atoms with van der Waals surface area (Å²) in [6.07, 6.45) is -0.673. The van der Waals surface area contributed by atoms with E-state index in [9.17, 15) is 9.59 Å². The first-order valence-corrected chi connectivity index (χ1v) is 10.0. The molecule has 0 aliphatic heterocycles. The molecule has 2 N–H and O–H groups in total. The summed E-state index contributed by atoms with van der Waals surface area (Å²) >= 11 is 0. The van der Waals surface area contributed by atoms with Gasteiger partial charge in [-0.15, -0.1) is 0 Å². The van der Waals surface area contributed by atoms with Gasteiger partial charge in [-0.3, -0.25) is 5.32 Å². The number of para-hydroxylation sites is 1. The lowest BCUT2D eigenvalue weighted by Gasteiger charge is -2.23. The zero-order chi connectivity index (χ0) is 23.9. The van der Waals surface area contributed by atoms with Gasteiger partial charge in [0.2, 0.25) is 5.75 Å². The van der Waals surface area contributed by atoms with E-state index in [2.05, 4.69) is 10.6 Å². The molecule has 1 amide bonds. The number of anilines is 3. The Balaban J connectivity index is 2.62. The first kappa shape index (κ1) is 24.6. The number of benzene rings is 2. The maximum atomic E-state index is 12.5. The molecule has 0 heterocycles. The van der Waals surface area contributed by atoms with Crippen molar-refractivity contribution in [2.75, 3.05) is 38.6 Å². The number of amides is 1.